The van der Waals surface area contributed by atoms with Crippen molar-refractivity contribution in [3.05, 3.63) is 71.6 Å². The van der Waals surface area contributed by atoms with E-state index in [1.807, 2.05) is 6.07 Å². The number of piperidine rings is 1. The third-order valence-corrected chi connectivity index (χ3v) is 7.86. The molecule has 10 heteroatoms. The Balaban J connectivity index is 1.25. The Morgan fingerprint density at radius 3 is 2.58 bits per heavy atom. The summed E-state index contributed by atoms with van der Waals surface area (Å²) in [6.45, 7) is 6.13. The number of likely N-dealkylation sites (tertiary alicyclic amines) is 1. The molecule has 1 amide bonds. The molecule has 0 aliphatic carbocycles. The van der Waals surface area contributed by atoms with Gasteiger partial charge in [0.15, 0.2) is 17.3 Å². The molecule has 0 radical (unpaired) electrons. The zero-order chi connectivity index (χ0) is 27.6. The fraction of sp³-hybridized carbons (Fsp3) is 0.367. The number of rotatable bonds is 6. The molecule has 8 nitrogen and oxygen atoms in total. The molecule has 0 saturated carbocycles. The van der Waals surface area contributed by atoms with Crippen LogP contribution in [0.2, 0.25) is 0 Å². The molecular formula is C30H33F2N7O. The van der Waals surface area contributed by atoms with Gasteiger partial charge in [-0.3, -0.25) is 14.8 Å². The van der Waals surface area contributed by atoms with Gasteiger partial charge in [-0.05, 0) is 74.4 Å². The molecule has 2 saturated heterocycles. The van der Waals surface area contributed by atoms with E-state index in [0.717, 1.165) is 63.5 Å². The second-order valence-corrected chi connectivity index (χ2v) is 10.8. The molecular weight excluding hydrogens is 512 g/mol. The molecule has 208 valence electrons. The summed E-state index contributed by atoms with van der Waals surface area (Å²) in [6, 6.07) is 11.7. The van der Waals surface area contributed by atoms with Gasteiger partial charge in [0.05, 0.1) is 5.52 Å². The number of H-pyrrole nitrogens is 1. The van der Waals surface area contributed by atoms with Crippen LogP contribution in [0.3, 0.4) is 0 Å². The zero-order valence-corrected chi connectivity index (χ0v) is 22.6. The Hall–Kier alpha value is -3.89. The van der Waals surface area contributed by atoms with Gasteiger partial charge >= 0.3 is 0 Å². The molecule has 4 heterocycles. The Kier molecular flexibility index (Phi) is 7.44. The second-order valence-electron chi connectivity index (χ2n) is 10.8. The van der Waals surface area contributed by atoms with E-state index in [1.54, 1.807) is 36.5 Å². The summed E-state index contributed by atoms with van der Waals surface area (Å²) in [4.78, 5) is 24.5. The predicted octanol–water partition coefficient (Wildman–Crippen LogP) is 4.89. The van der Waals surface area contributed by atoms with Gasteiger partial charge in [0.2, 0.25) is 0 Å². The fourth-order valence-corrected chi connectivity index (χ4v) is 5.57. The van der Waals surface area contributed by atoms with Crippen molar-refractivity contribution in [3.63, 3.8) is 0 Å². The summed E-state index contributed by atoms with van der Waals surface area (Å²) in [5.74, 6) is -1.36. The molecule has 2 fully saturated rings. The quantitative estimate of drug-likeness (QED) is 0.359. The fourth-order valence-electron chi connectivity index (χ4n) is 5.57. The van der Waals surface area contributed by atoms with E-state index in [2.05, 4.69) is 42.2 Å². The van der Waals surface area contributed by atoms with Crippen LogP contribution in [0.25, 0.3) is 22.0 Å². The Morgan fingerprint density at radius 2 is 1.77 bits per heavy atom. The highest BCUT2D eigenvalue weighted by Gasteiger charge is 2.20. The number of hydrogen-bond donors (Lipinski definition) is 2. The number of aromatic nitrogens is 3. The molecule has 2 aliphatic rings. The van der Waals surface area contributed by atoms with Gasteiger partial charge in [-0.15, -0.1) is 0 Å². The SMILES string of the molecule is CN1CCN(c2cc(NC(=O)c3n[nH]c4ccc(-c5cc(CN6CCCCC6)cc(F)c5F)cc34)ccn2)CC1. The highest BCUT2D eigenvalue weighted by atomic mass is 19.2. The van der Waals surface area contributed by atoms with Crippen LogP contribution in [0.4, 0.5) is 20.3 Å². The molecule has 0 unspecified atom stereocenters. The number of amides is 1. The molecule has 40 heavy (non-hydrogen) atoms. The number of piperazine rings is 1. The Labute approximate surface area is 232 Å². The van der Waals surface area contributed by atoms with Gasteiger partial charge in [0, 0.05) is 61.6 Å². The number of benzene rings is 2. The zero-order valence-electron chi connectivity index (χ0n) is 22.6. The van der Waals surface area contributed by atoms with Gasteiger partial charge in [-0.25, -0.2) is 13.8 Å². The lowest BCUT2D eigenvalue weighted by Gasteiger charge is -2.33. The van der Waals surface area contributed by atoms with E-state index in [1.165, 1.54) is 12.5 Å². The maximum Gasteiger partial charge on any atom is 0.276 e. The number of carbonyl (C=O) groups is 1. The van der Waals surface area contributed by atoms with Crippen LogP contribution in [-0.2, 0) is 6.54 Å². The van der Waals surface area contributed by atoms with Crippen LogP contribution in [0.5, 0.6) is 0 Å². The van der Waals surface area contributed by atoms with Crippen molar-refractivity contribution in [1.82, 2.24) is 25.0 Å². The first-order valence-corrected chi connectivity index (χ1v) is 13.8. The third-order valence-electron chi connectivity index (χ3n) is 7.86. The van der Waals surface area contributed by atoms with E-state index in [0.29, 0.717) is 28.7 Å². The van der Waals surface area contributed by atoms with Crippen molar-refractivity contribution in [1.29, 1.82) is 0 Å². The number of hydrogen-bond acceptors (Lipinski definition) is 6. The molecule has 0 bridgehead atoms. The summed E-state index contributed by atoms with van der Waals surface area (Å²) in [6.07, 6.45) is 5.13. The Bertz CT molecular complexity index is 1520. The van der Waals surface area contributed by atoms with Crippen molar-refractivity contribution >= 4 is 28.3 Å². The van der Waals surface area contributed by atoms with Crippen molar-refractivity contribution in [3.8, 4) is 11.1 Å². The van der Waals surface area contributed by atoms with Crippen LogP contribution in [-0.4, -0.2) is 77.2 Å². The van der Waals surface area contributed by atoms with Crippen molar-refractivity contribution in [2.24, 2.45) is 0 Å². The summed E-state index contributed by atoms with van der Waals surface area (Å²) in [5.41, 5.74) is 2.82. The van der Waals surface area contributed by atoms with Gasteiger partial charge < -0.3 is 15.1 Å². The highest BCUT2D eigenvalue weighted by molar-refractivity contribution is 6.11. The second kappa shape index (κ2) is 11.3. The lowest BCUT2D eigenvalue weighted by atomic mass is 9.99. The molecule has 2 aliphatic heterocycles. The van der Waals surface area contributed by atoms with Crippen LogP contribution in [0, 0.1) is 11.6 Å². The number of likely N-dealkylation sites (N-methyl/N-ethyl adjacent to an activating group) is 1. The first-order valence-electron chi connectivity index (χ1n) is 13.8. The Morgan fingerprint density at radius 1 is 0.975 bits per heavy atom. The van der Waals surface area contributed by atoms with Crippen LogP contribution < -0.4 is 10.2 Å². The summed E-state index contributed by atoms with van der Waals surface area (Å²) in [5, 5.41) is 10.6. The van der Waals surface area contributed by atoms with E-state index in [9.17, 15) is 9.18 Å². The minimum atomic E-state index is -0.899. The normalized spacial score (nSPS) is 16.9. The minimum absolute atomic E-state index is 0.174. The topological polar surface area (TPSA) is 80.4 Å². The summed E-state index contributed by atoms with van der Waals surface area (Å²) in [7, 11) is 2.10. The average Bonchev–Trinajstić information content (AvgIpc) is 3.39. The van der Waals surface area contributed by atoms with Crippen LogP contribution in [0.15, 0.2) is 48.7 Å². The average molecular weight is 546 g/mol. The van der Waals surface area contributed by atoms with Crippen molar-refractivity contribution < 1.29 is 13.6 Å². The van der Waals surface area contributed by atoms with E-state index in [-0.39, 0.29) is 11.3 Å². The van der Waals surface area contributed by atoms with Gasteiger partial charge in [0.25, 0.3) is 5.91 Å². The predicted molar refractivity (Wildman–Crippen MR) is 152 cm³/mol. The van der Waals surface area contributed by atoms with E-state index < -0.39 is 17.5 Å². The number of carbonyl (C=O) groups excluding carboxylic acids is 1. The number of fused-ring (bicyclic) bond motifs is 1. The number of anilines is 2. The number of halogens is 2. The molecule has 2 N–H and O–H groups in total. The number of nitrogens with zero attached hydrogens (tertiary/aromatic N) is 5. The van der Waals surface area contributed by atoms with Crippen LogP contribution in [0.1, 0.15) is 35.3 Å². The lowest BCUT2D eigenvalue weighted by molar-refractivity contribution is 0.102. The molecule has 2 aromatic carbocycles. The van der Waals surface area contributed by atoms with Gasteiger partial charge in [-0.2, -0.15) is 5.10 Å². The first kappa shape index (κ1) is 26.3. The smallest absolute Gasteiger partial charge is 0.276 e. The highest BCUT2D eigenvalue weighted by Crippen LogP contribution is 2.31. The standard InChI is InChI=1S/C30H33F2N7O/c1-37-11-13-39(14-12-37)27-18-22(7-8-33-27)34-30(40)29-24-17-21(5-6-26(24)35-36-29)23-15-20(16-25(31)28(23)32)19-38-9-3-2-4-10-38/h5-8,15-18H,2-4,9-14,19H2,1H3,(H,35,36)(H,33,34,40). The van der Waals surface area contributed by atoms with Crippen molar-refractivity contribution in [2.45, 2.75) is 25.8 Å². The summed E-state index contributed by atoms with van der Waals surface area (Å²) >= 11 is 0. The molecule has 4 aromatic rings. The maximum absolute atomic E-state index is 15.0. The maximum atomic E-state index is 15.0. The summed E-state index contributed by atoms with van der Waals surface area (Å²) < 4.78 is 29.7. The van der Waals surface area contributed by atoms with Gasteiger partial charge in [-0.1, -0.05) is 12.5 Å². The van der Waals surface area contributed by atoms with E-state index >= 15 is 4.39 Å². The van der Waals surface area contributed by atoms with E-state index in [4.69, 9.17) is 0 Å². The molecule has 0 spiro atoms. The largest absolute Gasteiger partial charge is 0.354 e. The molecule has 0 atom stereocenters. The number of aromatic amines is 1. The lowest BCUT2D eigenvalue weighted by Crippen LogP contribution is -2.44. The molecule has 2 aromatic heterocycles. The number of pyridine rings is 1. The van der Waals surface area contributed by atoms with Crippen LogP contribution >= 0.6 is 0 Å². The third kappa shape index (κ3) is 5.55. The first-order chi connectivity index (χ1) is 19.4. The molecule has 6 rings (SSSR count). The number of nitrogens with one attached hydrogen (secondary N) is 2. The minimum Gasteiger partial charge on any atom is -0.354 e. The monoisotopic (exact) mass is 545 g/mol. The van der Waals surface area contributed by atoms with Gasteiger partial charge in [0.1, 0.15) is 5.82 Å². The van der Waals surface area contributed by atoms with Crippen molar-refractivity contribution in [2.75, 3.05) is 56.5 Å².